The van der Waals surface area contributed by atoms with Crippen LogP contribution in [0.25, 0.3) is 0 Å². The maximum atomic E-state index is 6.19. The van der Waals surface area contributed by atoms with E-state index < -0.39 is 0 Å². The Kier molecular flexibility index (Phi) is 2.59. The number of alkyl halides is 1. The van der Waals surface area contributed by atoms with Crippen molar-refractivity contribution < 1.29 is 4.42 Å². The summed E-state index contributed by atoms with van der Waals surface area (Å²) < 4.78 is 5.30. The van der Waals surface area contributed by atoms with Gasteiger partial charge in [0.25, 0.3) is 0 Å². The molecule has 4 heteroatoms. The molecule has 3 nitrogen and oxygen atoms in total. The molecule has 0 amide bonds. The zero-order chi connectivity index (χ0) is 9.97. The van der Waals surface area contributed by atoms with Gasteiger partial charge in [-0.15, -0.1) is 11.6 Å². The molecule has 0 spiro atoms. The normalized spacial score (nSPS) is 13.0. The first-order valence-corrected chi connectivity index (χ1v) is 4.87. The molecule has 0 radical (unpaired) electrons. The Morgan fingerprint density at radius 2 is 2.50 bits per heavy atom. The van der Waals surface area contributed by atoms with Crippen LogP contribution in [0.4, 0.5) is 0 Å². The highest BCUT2D eigenvalue weighted by Gasteiger charge is 2.15. The Morgan fingerprint density at radius 3 is 3.07 bits per heavy atom. The van der Waals surface area contributed by atoms with E-state index in [9.17, 15) is 0 Å². The average Bonchev–Trinajstić information content (AvgIpc) is 2.75. The van der Waals surface area contributed by atoms with Crippen molar-refractivity contribution in [3.8, 4) is 0 Å². The summed E-state index contributed by atoms with van der Waals surface area (Å²) in [7, 11) is 0. The Hall–Kier alpha value is -1.22. The van der Waals surface area contributed by atoms with Crippen molar-refractivity contribution >= 4 is 11.6 Å². The molecule has 0 saturated carbocycles. The minimum absolute atomic E-state index is 0.156. The number of nitrogens with one attached hydrogen (secondary N) is 1. The van der Waals surface area contributed by atoms with E-state index in [0.29, 0.717) is 6.42 Å². The van der Waals surface area contributed by atoms with E-state index in [4.69, 9.17) is 16.0 Å². The van der Waals surface area contributed by atoms with Crippen LogP contribution in [0.15, 0.2) is 29.1 Å². The Labute approximate surface area is 87.1 Å². The first-order valence-electron chi connectivity index (χ1n) is 4.43. The van der Waals surface area contributed by atoms with E-state index in [-0.39, 0.29) is 5.38 Å². The fraction of sp³-hybridized carbons (Fsp3) is 0.300. The van der Waals surface area contributed by atoms with Crippen molar-refractivity contribution in [3.63, 3.8) is 0 Å². The molecule has 14 heavy (non-hydrogen) atoms. The van der Waals surface area contributed by atoms with Crippen molar-refractivity contribution in [2.24, 2.45) is 0 Å². The van der Waals surface area contributed by atoms with Crippen molar-refractivity contribution in [1.29, 1.82) is 0 Å². The summed E-state index contributed by atoms with van der Waals surface area (Å²) in [5.41, 5.74) is 1.08. The molecule has 74 valence electrons. The molecule has 1 unspecified atom stereocenters. The van der Waals surface area contributed by atoms with Gasteiger partial charge in [0.05, 0.1) is 11.6 Å². The van der Waals surface area contributed by atoms with E-state index in [0.717, 1.165) is 17.1 Å². The second-order valence-corrected chi connectivity index (χ2v) is 3.70. The van der Waals surface area contributed by atoms with Crippen LogP contribution in [-0.2, 0) is 6.42 Å². The fourth-order valence-corrected chi connectivity index (χ4v) is 1.75. The second kappa shape index (κ2) is 3.88. The summed E-state index contributed by atoms with van der Waals surface area (Å²) in [6.07, 6.45) is 5.81. The number of imidazole rings is 1. The first kappa shape index (κ1) is 9.34. The fourth-order valence-electron chi connectivity index (χ4n) is 1.38. The SMILES string of the molecule is Cc1ccoc1C(Cl)Cc1ncc[nH]1. The Morgan fingerprint density at radius 1 is 1.64 bits per heavy atom. The van der Waals surface area contributed by atoms with Gasteiger partial charge in [-0.3, -0.25) is 0 Å². The lowest BCUT2D eigenvalue weighted by Gasteiger charge is -2.05. The lowest BCUT2D eigenvalue weighted by Crippen LogP contribution is -1.97. The summed E-state index contributed by atoms with van der Waals surface area (Å²) in [5, 5.41) is -0.156. The van der Waals surface area contributed by atoms with Crippen LogP contribution in [0.1, 0.15) is 22.5 Å². The third kappa shape index (κ3) is 1.82. The van der Waals surface area contributed by atoms with Crippen LogP contribution in [0.3, 0.4) is 0 Å². The topological polar surface area (TPSA) is 41.8 Å². The molecule has 2 rings (SSSR count). The highest BCUT2D eigenvalue weighted by molar-refractivity contribution is 6.20. The average molecular weight is 211 g/mol. The van der Waals surface area contributed by atoms with Gasteiger partial charge in [0, 0.05) is 18.8 Å². The molecule has 2 aromatic heterocycles. The van der Waals surface area contributed by atoms with Crippen LogP contribution in [0.5, 0.6) is 0 Å². The van der Waals surface area contributed by atoms with Gasteiger partial charge in [0.1, 0.15) is 11.6 Å². The van der Waals surface area contributed by atoms with Crippen LogP contribution in [0, 0.1) is 6.92 Å². The van der Waals surface area contributed by atoms with Crippen molar-refractivity contribution in [3.05, 3.63) is 41.9 Å². The minimum Gasteiger partial charge on any atom is -0.467 e. The highest BCUT2D eigenvalue weighted by atomic mass is 35.5. The number of furan rings is 1. The summed E-state index contributed by atoms with van der Waals surface area (Å²) >= 11 is 6.19. The summed E-state index contributed by atoms with van der Waals surface area (Å²) in [6, 6.07) is 1.91. The molecule has 1 atom stereocenters. The van der Waals surface area contributed by atoms with Crippen LogP contribution in [0.2, 0.25) is 0 Å². The Balaban J connectivity index is 2.10. The number of nitrogens with zero attached hydrogens (tertiary/aromatic N) is 1. The highest BCUT2D eigenvalue weighted by Crippen LogP contribution is 2.27. The molecule has 0 fully saturated rings. The second-order valence-electron chi connectivity index (χ2n) is 3.18. The maximum Gasteiger partial charge on any atom is 0.124 e. The predicted molar refractivity (Wildman–Crippen MR) is 54.3 cm³/mol. The van der Waals surface area contributed by atoms with E-state index in [1.54, 1.807) is 18.7 Å². The standard InChI is InChI=1S/C10H11ClN2O/c1-7-2-5-14-10(7)8(11)6-9-12-3-4-13-9/h2-5,8H,6H2,1H3,(H,12,13). The van der Waals surface area contributed by atoms with Crippen LogP contribution >= 0.6 is 11.6 Å². The molecular weight excluding hydrogens is 200 g/mol. The van der Waals surface area contributed by atoms with Crippen LogP contribution in [-0.4, -0.2) is 9.97 Å². The number of hydrogen-bond acceptors (Lipinski definition) is 2. The van der Waals surface area contributed by atoms with Crippen LogP contribution < -0.4 is 0 Å². The minimum atomic E-state index is -0.156. The largest absolute Gasteiger partial charge is 0.467 e. The first-order chi connectivity index (χ1) is 6.77. The zero-order valence-corrected chi connectivity index (χ0v) is 8.58. The van der Waals surface area contributed by atoms with Gasteiger partial charge in [-0.1, -0.05) is 0 Å². The molecule has 2 heterocycles. The van der Waals surface area contributed by atoms with Gasteiger partial charge in [0.2, 0.25) is 0 Å². The molecule has 0 aliphatic carbocycles. The van der Waals surface area contributed by atoms with E-state index in [1.165, 1.54) is 0 Å². The number of rotatable bonds is 3. The molecule has 1 N–H and O–H groups in total. The third-order valence-corrected chi connectivity index (χ3v) is 2.47. The molecule has 0 aromatic carbocycles. The number of halogens is 1. The molecule has 0 bridgehead atoms. The van der Waals surface area contributed by atoms with Crippen molar-refractivity contribution in [2.75, 3.05) is 0 Å². The number of aromatic amines is 1. The van der Waals surface area contributed by atoms with E-state index >= 15 is 0 Å². The van der Waals surface area contributed by atoms with E-state index in [1.807, 2.05) is 13.0 Å². The van der Waals surface area contributed by atoms with Gasteiger partial charge in [-0.2, -0.15) is 0 Å². The van der Waals surface area contributed by atoms with Crippen molar-refractivity contribution in [1.82, 2.24) is 9.97 Å². The lowest BCUT2D eigenvalue weighted by atomic mass is 10.2. The zero-order valence-electron chi connectivity index (χ0n) is 7.83. The lowest BCUT2D eigenvalue weighted by molar-refractivity contribution is 0.497. The van der Waals surface area contributed by atoms with Gasteiger partial charge in [0.15, 0.2) is 0 Å². The molecule has 2 aromatic rings. The van der Waals surface area contributed by atoms with Crippen molar-refractivity contribution in [2.45, 2.75) is 18.7 Å². The Bertz CT molecular complexity index is 394. The predicted octanol–water partition coefficient (Wildman–Crippen LogP) is 2.83. The molecule has 0 saturated heterocycles. The van der Waals surface area contributed by atoms with Gasteiger partial charge >= 0.3 is 0 Å². The van der Waals surface area contributed by atoms with E-state index in [2.05, 4.69) is 9.97 Å². The van der Waals surface area contributed by atoms with Gasteiger partial charge in [-0.25, -0.2) is 4.98 Å². The summed E-state index contributed by atoms with van der Waals surface area (Å²) in [6.45, 7) is 1.98. The maximum absolute atomic E-state index is 6.19. The molecule has 0 aliphatic heterocycles. The summed E-state index contributed by atoms with van der Waals surface area (Å²) in [5.74, 6) is 1.70. The summed E-state index contributed by atoms with van der Waals surface area (Å²) in [4.78, 5) is 7.13. The smallest absolute Gasteiger partial charge is 0.124 e. The van der Waals surface area contributed by atoms with Gasteiger partial charge in [-0.05, 0) is 18.6 Å². The third-order valence-electron chi connectivity index (χ3n) is 2.11. The van der Waals surface area contributed by atoms with Gasteiger partial charge < -0.3 is 9.40 Å². The number of hydrogen-bond donors (Lipinski definition) is 1. The number of aromatic nitrogens is 2. The molecule has 0 aliphatic rings. The number of H-pyrrole nitrogens is 1. The quantitative estimate of drug-likeness (QED) is 0.792. The molecular formula is C10H11ClN2O. The monoisotopic (exact) mass is 210 g/mol. The number of aryl methyl sites for hydroxylation is 1.